The topological polar surface area (TPSA) is 90.5 Å². The first-order valence-corrected chi connectivity index (χ1v) is 11.6. The zero-order valence-corrected chi connectivity index (χ0v) is 18.9. The molecule has 1 aromatic carbocycles. The minimum absolute atomic E-state index is 0.109. The van der Waals surface area contributed by atoms with E-state index in [0.717, 1.165) is 5.56 Å². The fourth-order valence-electron chi connectivity index (χ4n) is 4.33. The number of furan rings is 1. The Morgan fingerprint density at radius 3 is 2.62 bits per heavy atom. The predicted octanol–water partition coefficient (Wildman–Crippen LogP) is 3.93. The third-order valence-corrected chi connectivity index (χ3v) is 7.40. The fraction of sp³-hybridized carbons (Fsp3) is 0.364. The van der Waals surface area contributed by atoms with Gasteiger partial charge in [-0.25, -0.2) is 0 Å². The molecule has 8 nitrogen and oxygen atoms in total. The lowest BCUT2D eigenvalue weighted by atomic mass is 9.93. The molecule has 0 N–H and O–H groups in total. The average molecular weight is 473 g/mol. The highest BCUT2D eigenvalue weighted by molar-refractivity contribution is 8.00. The number of halogens is 1. The van der Waals surface area contributed by atoms with E-state index in [-0.39, 0.29) is 23.8 Å². The second-order valence-electron chi connectivity index (χ2n) is 7.81. The zero-order valence-electron chi connectivity index (χ0n) is 17.3. The maximum absolute atomic E-state index is 13.4. The molecule has 166 valence electrons. The van der Waals surface area contributed by atoms with Crippen molar-refractivity contribution in [3.05, 3.63) is 53.2 Å². The Hall–Kier alpha value is -2.62. The van der Waals surface area contributed by atoms with Crippen molar-refractivity contribution in [1.29, 1.82) is 0 Å². The van der Waals surface area contributed by atoms with Crippen LogP contribution in [-0.2, 0) is 9.53 Å². The summed E-state index contributed by atoms with van der Waals surface area (Å²) in [6.45, 7) is 1.37. The molecule has 0 aliphatic carbocycles. The number of hydrogen-bond donors (Lipinski definition) is 0. The predicted molar refractivity (Wildman–Crippen MR) is 119 cm³/mol. The Morgan fingerprint density at radius 2 is 2.00 bits per heavy atom. The number of methoxy groups -OCH3 is 1. The molecule has 4 heterocycles. The summed E-state index contributed by atoms with van der Waals surface area (Å²) in [5, 5.41) is 5.17. The molecular formula is C22H21ClN4O4S. The Kier molecular flexibility index (Phi) is 5.79. The molecule has 3 aromatic rings. The third-order valence-electron chi connectivity index (χ3n) is 5.96. The normalized spacial score (nSPS) is 20.3. The van der Waals surface area contributed by atoms with Crippen LogP contribution < -0.4 is 0 Å². The summed E-state index contributed by atoms with van der Waals surface area (Å²) in [5.74, 6) is 0.517. The van der Waals surface area contributed by atoms with Crippen LogP contribution in [-0.4, -0.2) is 57.0 Å². The van der Waals surface area contributed by atoms with Crippen LogP contribution in [0.25, 0.3) is 11.6 Å². The lowest BCUT2D eigenvalue weighted by Gasteiger charge is -2.38. The number of aromatic nitrogens is 3. The molecule has 2 aliphatic rings. The molecule has 2 aliphatic heterocycles. The van der Waals surface area contributed by atoms with Crippen LogP contribution in [0.1, 0.15) is 29.2 Å². The standard InChI is InChI=1S/C22H21ClN4O4S/c1-30-21(29)14-8-10-26(11-9-14)17(13-4-6-15(23)7-5-13)18-20(28)27-22(32-18)24-19(25-27)16-3-2-12-31-16/h2-7,12,14,17-18H,8-11H2,1H3. The van der Waals surface area contributed by atoms with Gasteiger partial charge in [-0.05, 0) is 55.8 Å². The second-order valence-corrected chi connectivity index (χ2v) is 9.36. The van der Waals surface area contributed by atoms with E-state index >= 15 is 0 Å². The summed E-state index contributed by atoms with van der Waals surface area (Å²) in [4.78, 5) is 32.1. The van der Waals surface area contributed by atoms with Crippen LogP contribution in [0.3, 0.4) is 0 Å². The molecule has 1 fully saturated rings. The third kappa shape index (κ3) is 3.85. The maximum Gasteiger partial charge on any atom is 0.308 e. The van der Waals surface area contributed by atoms with Crippen molar-refractivity contribution in [3.63, 3.8) is 0 Å². The van der Waals surface area contributed by atoms with E-state index in [4.69, 9.17) is 20.8 Å². The maximum atomic E-state index is 13.4. The van der Waals surface area contributed by atoms with Gasteiger partial charge in [0.05, 0.1) is 25.3 Å². The molecular weight excluding hydrogens is 452 g/mol. The van der Waals surface area contributed by atoms with Crippen LogP contribution in [0.5, 0.6) is 0 Å². The Morgan fingerprint density at radius 1 is 1.25 bits per heavy atom. The number of benzene rings is 1. The van der Waals surface area contributed by atoms with Gasteiger partial charge in [-0.1, -0.05) is 35.5 Å². The number of ether oxygens (including phenoxy) is 1. The van der Waals surface area contributed by atoms with E-state index in [0.29, 0.717) is 47.7 Å². The van der Waals surface area contributed by atoms with Gasteiger partial charge in [-0.15, -0.1) is 5.10 Å². The summed E-state index contributed by atoms with van der Waals surface area (Å²) in [5.41, 5.74) is 0.994. The first kappa shape index (κ1) is 21.2. The monoisotopic (exact) mass is 472 g/mol. The largest absolute Gasteiger partial charge is 0.469 e. The summed E-state index contributed by atoms with van der Waals surface area (Å²) >= 11 is 7.52. The molecule has 0 saturated carbocycles. The number of fused-ring (bicyclic) bond motifs is 1. The Balaban J connectivity index is 1.42. The van der Waals surface area contributed by atoms with Crippen molar-refractivity contribution in [2.75, 3.05) is 20.2 Å². The summed E-state index contributed by atoms with van der Waals surface area (Å²) in [6.07, 6.45) is 2.93. The fourth-order valence-corrected chi connectivity index (χ4v) is 5.71. The molecule has 10 heteroatoms. The highest BCUT2D eigenvalue weighted by Crippen LogP contribution is 2.43. The lowest BCUT2D eigenvalue weighted by Crippen LogP contribution is -2.44. The molecule has 0 radical (unpaired) electrons. The summed E-state index contributed by atoms with van der Waals surface area (Å²) in [7, 11) is 1.42. The van der Waals surface area contributed by atoms with Crippen LogP contribution in [0, 0.1) is 5.92 Å². The zero-order chi connectivity index (χ0) is 22.2. The van der Waals surface area contributed by atoms with Gasteiger partial charge < -0.3 is 9.15 Å². The van der Waals surface area contributed by atoms with Gasteiger partial charge >= 0.3 is 5.97 Å². The number of carbonyl (C=O) groups excluding carboxylic acids is 2. The molecule has 32 heavy (non-hydrogen) atoms. The van der Waals surface area contributed by atoms with Crippen LogP contribution in [0.4, 0.5) is 0 Å². The highest BCUT2D eigenvalue weighted by Gasteiger charge is 2.44. The van der Waals surface area contributed by atoms with Gasteiger partial charge in [0.15, 0.2) is 10.9 Å². The van der Waals surface area contributed by atoms with Gasteiger partial charge in [0, 0.05) is 5.02 Å². The molecule has 5 rings (SSSR count). The van der Waals surface area contributed by atoms with Crippen molar-refractivity contribution >= 4 is 35.2 Å². The van der Waals surface area contributed by atoms with Crippen molar-refractivity contribution < 1.29 is 18.7 Å². The van der Waals surface area contributed by atoms with E-state index < -0.39 is 5.25 Å². The molecule has 2 unspecified atom stereocenters. The van der Waals surface area contributed by atoms with Crippen molar-refractivity contribution in [1.82, 2.24) is 19.7 Å². The smallest absolute Gasteiger partial charge is 0.308 e. The summed E-state index contributed by atoms with van der Waals surface area (Å²) < 4.78 is 11.7. The average Bonchev–Trinajstić information content (AvgIpc) is 3.54. The van der Waals surface area contributed by atoms with E-state index in [1.165, 1.54) is 23.6 Å². The lowest BCUT2D eigenvalue weighted by molar-refractivity contribution is -0.147. The molecule has 0 spiro atoms. The number of rotatable bonds is 5. The molecule has 1 saturated heterocycles. The SMILES string of the molecule is COC(=O)C1CCN(C(c2ccc(Cl)cc2)C2Sc3nc(-c4ccco4)nn3C2=O)CC1. The number of carbonyl (C=O) groups is 2. The second kappa shape index (κ2) is 8.73. The molecule has 2 aromatic heterocycles. The van der Waals surface area contributed by atoms with Crippen LogP contribution in [0.2, 0.25) is 5.02 Å². The first-order valence-electron chi connectivity index (χ1n) is 10.3. The molecule has 0 amide bonds. The number of thioether (sulfide) groups is 1. The van der Waals surface area contributed by atoms with E-state index in [1.54, 1.807) is 18.4 Å². The summed E-state index contributed by atoms with van der Waals surface area (Å²) in [6, 6.07) is 10.9. The van der Waals surface area contributed by atoms with Gasteiger partial charge in [0.25, 0.3) is 5.91 Å². The Labute approximate surface area is 193 Å². The van der Waals surface area contributed by atoms with Crippen molar-refractivity contribution in [2.24, 2.45) is 5.92 Å². The van der Waals surface area contributed by atoms with E-state index in [1.807, 2.05) is 24.3 Å². The minimum Gasteiger partial charge on any atom is -0.469 e. The molecule has 2 atom stereocenters. The number of likely N-dealkylation sites (tertiary alicyclic amines) is 1. The number of esters is 1. The molecule has 0 bridgehead atoms. The minimum atomic E-state index is -0.411. The van der Waals surface area contributed by atoms with Gasteiger partial charge in [0.2, 0.25) is 5.82 Å². The van der Waals surface area contributed by atoms with Crippen LogP contribution in [0.15, 0.2) is 52.2 Å². The van der Waals surface area contributed by atoms with Gasteiger partial charge in [-0.3, -0.25) is 14.5 Å². The van der Waals surface area contributed by atoms with Crippen LogP contribution >= 0.6 is 23.4 Å². The first-order chi connectivity index (χ1) is 15.5. The van der Waals surface area contributed by atoms with Gasteiger partial charge in [-0.2, -0.15) is 9.67 Å². The number of nitrogens with zero attached hydrogens (tertiary/aromatic N) is 4. The quantitative estimate of drug-likeness (QED) is 0.516. The Bertz CT molecular complexity index is 1120. The van der Waals surface area contributed by atoms with E-state index in [2.05, 4.69) is 15.0 Å². The van der Waals surface area contributed by atoms with Gasteiger partial charge in [0.1, 0.15) is 5.25 Å². The van der Waals surface area contributed by atoms with Crippen molar-refractivity contribution in [3.8, 4) is 11.6 Å². The van der Waals surface area contributed by atoms with E-state index in [9.17, 15) is 9.59 Å². The van der Waals surface area contributed by atoms with Crippen molar-refractivity contribution in [2.45, 2.75) is 29.3 Å². The number of hydrogen-bond acceptors (Lipinski definition) is 8. The highest BCUT2D eigenvalue weighted by atomic mass is 35.5. The number of piperidine rings is 1.